The van der Waals surface area contributed by atoms with E-state index in [1.54, 1.807) is 7.05 Å². The van der Waals surface area contributed by atoms with Gasteiger partial charge < -0.3 is 19.9 Å². The lowest BCUT2D eigenvalue weighted by Gasteiger charge is -2.13. The monoisotopic (exact) mass is 406 g/mol. The van der Waals surface area contributed by atoms with E-state index in [9.17, 15) is 0 Å². The molecule has 30 heavy (non-hydrogen) atoms. The maximum atomic E-state index is 5.80. The molecule has 0 unspecified atom stereocenters. The van der Waals surface area contributed by atoms with Gasteiger partial charge in [0, 0.05) is 32.1 Å². The Hall–Kier alpha value is -3.28. The van der Waals surface area contributed by atoms with E-state index in [-0.39, 0.29) is 0 Å². The minimum absolute atomic E-state index is 0.555. The molecule has 0 bridgehead atoms. The molecule has 0 atom stereocenters. The van der Waals surface area contributed by atoms with Crippen LogP contribution in [0.15, 0.2) is 64.1 Å². The van der Waals surface area contributed by atoms with Crippen LogP contribution in [0, 0.1) is 0 Å². The summed E-state index contributed by atoms with van der Waals surface area (Å²) in [5.41, 5.74) is 4.44. The normalized spacial score (nSPS) is 11.4. The summed E-state index contributed by atoms with van der Waals surface area (Å²) in [4.78, 5) is 4.32. The summed E-state index contributed by atoms with van der Waals surface area (Å²) in [6.45, 7) is 6.04. The highest BCUT2D eigenvalue weighted by Crippen LogP contribution is 2.15. The molecule has 158 valence electrons. The minimum atomic E-state index is 0.555. The molecule has 0 aliphatic heterocycles. The fourth-order valence-corrected chi connectivity index (χ4v) is 3.15. The molecule has 1 aromatic heterocycles. The molecule has 0 fully saturated rings. The SMILES string of the molecule is CCc1noc(CC)c1CNC(=NC)NCc1ccc(COc2ccccc2)cc1. The van der Waals surface area contributed by atoms with Crippen molar-refractivity contribution in [3.8, 4) is 5.75 Å². The quantitative estimate of drug-likeness (QED) is 0.411. The van der Waals surface area contributed by atoms with Gasteiger partial charge in [-0.25, -0.2) is 0 Å². The van der Waals surface area contributed by atoms with Crippen molar-refractivity contribution in [3.05, 3.63) is 82.7 Å². The average Bonchev–Trinajstić information content (AvgIpc) is 3.21. The van der Waals surface area contributed by atoms with E-state index >= 15 is 0 Å². The molecule has 0 spiro atoms. The lowest BCUT2D eigenvalue weighted by atomic mass is 10.1. The van der Waals surface area contributed by atoms with E-state index < -0.39 is 0 Å². The molecule has 0 aliphatic rings. The second kappa shape index (κ2) is 11.0. The molecule has 2 aromatic carbocycles. The Balaban J connectivity index is 1.48. The van der Waals surface area contributed by atoms with Crippen LogP contribution in [-0.2, 0) is 32.5 Å². The van der Waals surface area contributed by atoms with Crippen molar-refractivity contribution in [3.63, 3.8) is 0 Å². The van der Waals surface area contributed by atoms with Gasteiger partial charge in [0.05, 0.1) is 5.69 Å². The van der Waals surface area contributed by atoms with Crippen LogP contribution in [0.1, 0.15) is 42.0 Å². The molecular formula is C24H30N4O2. The Bertz CT molecular complexity index is 912. The first kappa shape index (κ1) is 21.4. The lowest BCUT2D eigenvalue weighted by molar-refractivity contribution is 0.306. The zero-order valence-corrected chi connectivity index (χ0v) is 17.9. The van der Waals surface area contributed by atoms with Crippen molar-refractivity contribution >= 4 is 5.96 Å². The highest BCUT2D eigenvalue weighted by molar-refractivity contribution is 5.79. The van der Waals surface area contributed by atoms with Gasteiger partial charge in [-0.1, -0.05) is 61.5 Å². The van der Waals surface area contributed by atoms with Crippen molar-refractivity contribution in [2.24, 2.45) is 4.99 Å². The van der Waals surface area contributed by atoms with Gasteiger partial charge in [0.1, 0.15) is 18.1 Å². The maximum Gasteiger partial charge on any atom is 0.191 e. The molecular weight excluding hydrogens is 376 g/mol. The van der Waals surface area contributed by atoms with Gasteiger partial charge in [-0.2, -0.15) is 0 Å². The summed E-state index contributed by atoms with van der Waals surface area (Å²) < 4.78 is 11.2. The number of nitrogens with zero attached hydrogens (tertiary/aromatic N) is 2. The largest absolute Gasteiger partial charge is 0.489 e. The molecule has 3 aromatic rings. The first-order valence-electron chi connectivity index (χ1n) is 10.4. The van der Waals surface area contributed by atoms with Crippen LogP contribution in [0.2, 0.25) is 0 Å². The fourth-order valence-electron chi connectivity index (χ4n) is 3.15. The summed E-state index contributed by atoms with van der Waals surface area (Å²) >= 11 is 0. The van der Waals surface area contributed by atoms with Crippen LogP contribution in [0.4, 0.5) is 0 Å². The fraction of sp³-hybridized carbons (Fsp3) is 0.333. The summed E-state index contributed by atoms with van der Waals surface area (Å²) in [5, 5.41) is 10.9. The predicted molar refractivity (Wildman–Crippen MR) is 120 cm³/mol. The van der Waals surface area contributed by atoms with Crippen molar-refractivity contribution in [2.75, 3.05) is 7.05 Å². The van der Waals surface area contributed by atoms with Gasteiger partial charge in [0.15, 0.2) is 5.96 Å². The molecule has 6 nitrogen and oxygen atoms in total. The Morgan fingerprint density at radius 1 is 0.933 bits per heavy atom. The third kappa shape index (κ3) is 5.86. The van der Waals surface area contributed by atoms with Crippen molar-refractivity contribution in [1.82, 2.24) is 15.8 Å². The second-order valence-electron chi connectivity index (χ2n) is 6.94. The highest BCUT2D eigenvalue weighted by atomic mass is 16.5. The molecule has 0 amide bonds. The second-order valence-corrected chi connectivity index (χ2v) is 6.94. The first-order valence-corrected chi connectivity index (χ1v) is 10.4. The number of rotatable bonds is 9. The highest BCUT2D eigenvalue weighted by Gasteiger charge is 2.13. The molecule has 1 heterocycles. The molecule has 0 radical (unpaired) electrons. The maximum absolute atomic E-state index is 5.80. The summed E-state index contributed by atoms with van der Waals surface area (Å²) in [7, 11) is 1.77. The van der Waals surface area contributed by atoms with E-state index in [2.05, 4.69) is 58.9 Å². The summed E-state index contributed by atoms with van der Waals surface area (Å²) in [6.07, 6.45) is 1.68. The number of aryl methyl sites for hydroxylation is 2. The molecule has 0 aliphatic carbocycles. The summed E-state index contributed by atoms with van der Waals surface area (Å²) in [6, 6.07) is 18.2. The van der Waals surface area contributed by atoms with Crippen LogP contribution < -0.4 is 15.4 Å². The number of hydrogen-bond donors (Lipinski definition) is 2. The molecule has 0 saturated carbocycles. The van der Waals surface area contributed by atoms with E-state index in [0.717, 1.165) is 47.1 Å². The number of ether oxygens (including phenoxy) is 1. The first-order chi connectivity index (χ1) is 14.7. The molecule has 0 saturated heterocycles. The van der Waals surface area contributed by atoms with Gasteiger partial charge in [-0.15, -0.1) is 0 Å². The Kier molecular flexibility index (Phi) is 7.89. The number of nitrogens with one attached hydrogen (secondary N) is 2. The number of guanidine groups is 1. The van der Waals surface area contributed by atoms with Crippen molar-refractivity contribution in [2.45, 2.75) is 46.4 Å². The predicted octanol–water partition coefficient (Wildman–Crippen LogP) is 4.24. The average molecular weight is 407 g/mol. The number of benzene rings is 2. The van der Waals surface area contributed by atoms with Crippen LogP contribution in [0.3, 0.4) is 0 Å². The number of para-hydroxylation sites is 1. The standard InChI is InChI=1S/C24H30N4O2/c1-4-22-21(23(5-2)30-28-22)16-27-24(25-3)26-15-18-11-13-19(14-12-18)17-29-20-9-7-6-8-10-20/h6-14H,4-5,15-17H2,1-3H3,(H2,25,26,27). The van der Waals surface area contributed by atoms with Crippen molar-refractivity contribution in [1.29, 1.82) is 0 Å². The Labute approximate surface area is 178 Å². The van der Waals surface area contributed by atoms with E-state index in [1.165, 1.54) is 5.56 Å². The third-order valence-corrected chi connectivity index (χ3v) is 4.89. The zero-order valence-electron chi connectivity index (χ0n) is 17.9. The van der Waals surface area contributed by atoms with E-state index in [4.69, 9.17) is 9.26 Å². The van der Waals surface area contributed by atoms with Crippen LogP contribution in [-0.4, -0.2) is 18.2 Å². The van der Waals surface area contributed by atoms with Gasteiger partial charge >= 0.3 is 0 Å². The molecule has 2 N–H and O–H groups in total. The molecule has 6 heteroatoms. The van der Waals surface area contributed by atoms with Crippen LogP contribution >= 0.6 is 0 Å². The van der Waals surface area contributed by atoms with Gasteiger partial charge in [-0.3, -0.25) is 4.99 Å². The number of hydrogen-bond acceptors (Lipinski definition) is 4. The third-order valence-electron chi connectivity index (χ3n) is 4.89. The topological polar surface area (TPSA) is 71.7 Å². The zero-order chi connectivity index (χ0) is 21.2. The smallest absolute Gasteiger partial charge is 0.191 e. The van der Waals surface area contributed by atoms with Crippen molar-refractivity contribution < 1.29 is 9.26 Å². The molecule has 3 rings (SSSR count). The van der Waals surface area contributed by atoms with Crippen LogP contribution in [0.25, 0.3) is 0 Å². The van der Waals surface area contributed by atoms with E-state index in [1.807, 2.05) is 30.3 Å². The Morgan fingerprint density at radius 2 is 1.63 bits per heavy atom. The van der Waals surface area contributed by atoms with E-state index in [0.29, 0.717) is 19.7 Å². The lowest BCUT2D eigenvalue weighted by Crippen LogP contribution is -2.36. The number of aliphatic imine (C=N–C) groups is 1. The van der Waals surface area contributed by atoms with Gasteiger partial charge in [0.25, 0.3) is 0 Å². The van der Waals surface area contributed by atoms with Crippen LogP contribution in [0.5, 0.6) is 5.75 Å². The van der Waals surface area contributed by atoms with Gasteiger partial charge in [-0.05, 0) is 29.7 Å². The number of aromatic nitrogens is 1. The Morgan fingerprint density at radius 3 is 2.30 bits per heavy atom. The summed E-state index contributed by atoms with van der Waals surface area (Å²) in [5.74, 6) is 2.56. The minimum Gasteiger partial charge on any atom is -0.489 e. The van der Waals surface area contributed by atoms with Gasteiger partial charge in [0.2, 0.25) is 0 Å².